The Bertz CT molecular complexity index is 352. The van der Waals surface area contributed by atoms with Gasteiger partial charge in [0.25, 0.3) is 0 Å². The van der Waals surface area contributed by atoms with Crippen LogP contribution >= 0.6 is 0 Å². The first-order chi connectivity index (χ1) is 11.0. The van der Waals surface area contributed by atoms with Crippen molar-refractivity contribution in [3.8, 4) is 0 Å². The van der Waals surface area contributed by atoms with Gasteiger partial charge in [0.05, 0.1) is 6.61 Å². The molecular formula is C16H31NaO6S. The Morgan fingerprint density at radius 1 is 0.833 bits per heavy atom. The Hall–Kier alpha value is -0.0500. The van der Waals surface area contributed by atoms with Gasteiger partial charge in [0.1, 0.15) is 12.5 Å². The molecule has 0 atom stereocenters. The van der Waals surface area contributed by atoms with E-state index in [1.807, 2.05) is 0 Å². The molecule has 138 valence electrons. The van der Waals surface area contributed by atoms with Crippen molar-refractivity contribution in [2.24, 2.45) is 0 Å². The molecule has 0 aliphatic carbocycles. The predicted octanol–water partition coefficient (Wildman–Crippen LogP) is 1.61. The third-order valence-electron chi connectivity index (χ3n) is 2.92. The van der Waals surface area contributed by atoms with Crippen molar-refractivity contribution in [2.75, 3.05) is 6.61 Å². The van der Waals surface area contributed by atoms with Crippen LogP contribution in [0.1, 0.15) is 71.1 Å². The summed E-state index contributed by atoms with van der Waals surface area (Å²) in [4.78, 5) is 8.26. The van der Waals surface area contributed by atoms with Crippen molar-refractivity contribution in [2.45, 2.75) is 71.1 Å². The van der Waals surface area contributed by atoms with E-state index >= 15 is 0 Å². The van der Waals surface area contributed by atoms with Gasteiger partial charge in [-0.3, -0.25) is 14.0 Å². The zero-order chi connectivity index (χ0) is 17.8. The largest absolute Gasteiger partial charge is 1.00 e. The molecule has 0 aromatic carbocycles. The van der Waals surface area contributed by atoms with E-state index in [9.17, 15) is 13.0 Å². The van der Waals surface area contributed by atoms with Crippen molar-refractivity contribution in [1.29, 1.82) is 0 Å². The Morgan fingerprint density at radius 3 is 1.54 bits per heavy atom. The van der Waals surface area contributed by atoms with Gasteiger partial charge in [-0.1, -0.05) is 77.9 Å². The Balaban J connectivity index is -0.000000538. The Morgan fingerprint density at radius 2 is 1.21 bits per heavy atom. The van der Waals surface area contributed by atoms with Gasteiger partial charge >= 0.3 is 29.6 Å². The quantitative estimate of drug-likeness (QED) is 0.0823. The summed E-state index contributed by atoms with van der Waals surface area (Å²) in [5.41, 5.74) is 0. The molecule has 0 unspecified atom stereocenters. The molecule has 0 aromatic heterocycles. The average molecular weight is 374 g/mol. The van der Waals surface area contributed by atoms with Crippen molar-refractivity contribution >= 4 is 10.4 Å². The summed E-state index contributed by atoms with van der Waals surface area (Å²) in [6, 6.07) is 0. The van der Waals surface area contributed by atoms with E-state index in [1.165, 1.54) is 57.5 Å². The molecule has 0 aliphatic heterocycles. The SMILES string of the molecule is C=COOC=C.CCCCCCCCCCCCOS(=O)(=O)[O-].[Na+]. The third-order valence-corrected chi connectivity index (χ3v) is 3.37. The van der Waals surface area contributed by atoms with Gasteiger partial charge in [0.2, 0.25) is 10.4 Å². The van der Waals surface area contributed by atoms with Crippen molar-refractivity contribution < 1.29 is 56.5 Å². The van der Waals surface area contributed by atoms with Crippen molar-refractivity contribution in [1.82, 2.24) is 0 Å². The van der Waals surface area contributed by atoms with Gasteiger partial charge in [-0.05, 0) is 6.42 Å². The number of unbranched alkanes of at least 4 members (excludes halogenated alkanes) is 9. The number of hydrogen-bond donors (Lipinski definition) is 0. The van der Waals surface area contributed by atoms with Crippen molar-refractivity contribution in [3.63, 3.8) is 0 Å². The average Bonchev–Trinajstić information content (AvgIpc) is 2.50. The first-order valence-corrected chi connectivity index (χ1v) is 9.45. The molecule has 0 spiro atoms. The molecule has 0 saturated heterocycles. The second kappa shape index (κ2) is 22.9. The summed E-state index contributed by atoms with van der Waals surface area (Å²) < 4.78 is 34.5. The Labute approximate surface area is 169 Å². The minimum Gasteiger partial charge on any atom is -0.726 e. The summed E-state index contributed by atoms with van der Waals surface area (Å²) in [7, 11) is -4.48. The first-order valence-electron chi connectivity index (χ1n) is 8.12. The van der Waals surface area contributed by atoms with Crippen LogP contribution in [0, 0.1) is 0 Å². The topological polar surface area (TPSA) is 84.9 Å². The molecule has 0 heterocycles. The van der Waals surface area contributed by atoms with Gasteiger partial charge in [0, 0.05) is 0 Å². The molecule has 6 nitrogen and oxygen atoms in total. The van der Waals surface area contributed by atoms with E-state index in [0.29, 0.717) is 6.42 Å². The van der Waals surface area contributed by atoms with Crippen molar-refractivity contribution in [3.05, 3.63) is 25.7 Å². The molecule has 0 aliphatic rings. The van der Waals surface area contributed by atoms with Gasteiger partial charge < -0.3 is 4.55 Å². The standard InChI is InChI=1S/C12H26O4S.C4H6O2.Na/c1-2-3-4-5-6-7-8-9-10-11-12-16-17(13,14)15;1-3-5-6-4-2;/h2-12H2,1H3,(H,13,14,15);3-4H,1-2H2;/q;;+1/p-1. The van der Waals surface area contributed by atoms with Gasteiger partial charge in [-0.15, -0.1) is 0 Å². The fraction of sp³-hybridized carbons (Fsp3) is 0.750. The molecular weight excluding hydrogens is 343 g/mol. The maximum atomic E-state index is 10.1. The summed E-state index contributed by atoms with van der Waals surface area (Å²) in [5.74, 6) is 0. The van der Waals surface area contributed by atoms with Gasteiger partial charge in [-0.2, -0.15) is 0 Å². The zero-order valence-electron chi connectivity index (χ0n) is 15.2. The van der Waals surface area contributed by atoms with E-state index in [1.54, 1.807) is 0 Å². The van der Waals surface area contributed by atoms with E-state index in [4.69, 9.17) is 0 Å². The Kier molecular flexibility index (Phi) is 27.5. The van der Waals surface area contributed by atoms with E-state index in [0.717, 1.165) is 12.8 Å². The number of rotatable bonds is 15. The van der Waals surface area contributed by atoms with E-state index < -0.39 is 10.4 Å². The molecule has 0 aromatic rings. The van der Waals surface area contributed by atoms with Crippen LogP contribution in [0.3, 0.4) is 0 Å². The van der Waals surface area contributed by atoms with E-state index in [-0.39, 0.29) is 36.2 Å². The summed E-state index contributed by atoms with van der Waals surface area (Å²) in [6.45, 7) is 8.65. The van der Waals surface area contributed by atoms with Crippen LogP contribution in [-0.2, 0) is 24.4 Å². The van der Waals surface area contributed by atoms with Crippen LogP contribution in [0.15, 0.2) is 25.7 Å². The second-order valence-corrected chi connectivity index (χ2v) is 5.99. The van der Waals surface area contributed by atoms with Crippen LogP contribution in [0.5, 0.6) is 0 Å². The molecule has 0 fully saturated rings. The predicted molar refractivity (Wildman–Crippen MR) is 90.1 cm³/mol. The maximum absolute atomic E-state index is 10.1. The summed E-state index contributed by atoms with van der Waals surface area (Å²) in [6.07, 6.45) is 14.0. The first kappa shape index (κ1) is 28.7. The fourth-order valence-corrected chi connectivity index (χ4v) is 2.15. The molecule has 24 heavy (non-hydrogen) atoms. The summed E-state index contributed by atoms with van der Waals surface area (Å²) >= 11 is 0. The molecule has 0 radical (unpaired) electrons. The molecule has 0 N–H and O–H groups in total. The van der Waals surface area contributed by atoms with Crippen LogP contribution < -0.4 is 29.6 Å². The monoisotopic (exact) mass is 374 g/mol. The molecule has 8 heteroatoms. The van der Waals surface area contributed by atoms with Crippen LogP contribution in [0.25, 0.3) is 0 Å². The van der Waals surface area contributed by atoms with E-state index in [2.05, 4.69) is 34.0 Å². The smallest absolute Gasteiger partial charge is 0.726 e. The van der Waals surface area contributed by atoms with Crippen LogP contribution in [0.4, 0.5) is 0 Å². The maximum Gasteiger partial charge on any atom is 1.00 e. The molecule has 0 saturated carbocycles. The minimum absolute atomic E-state index is 0. The fourth-order valence-electron chi connectivity index (χ4n) is 1.83. The third kappa shape index (κ3) is 33.5. The summed E-state index contributed by atoms with van der Waals surface area (Å²) in [5, 5.41) is 0. The molecule has 0 bridgehead atoms. The van der Waals surface area contributed by atoms with Crippen LogP contribution in [-0.4, -0.2) is 19.6 Å². The van der Waals surface area contributed by atoms with Gasteiger partial charge in [0.15, 0.2) is 0 Å². The number of hydrogen-bond acceptors (Lipinski definition) is 6. The molecule has 0 rings (SSSR count). The van der Waals surface area contributed by atoms with Gasteiger partial charge in [-0.25, -0.2) is 8.42 Å². The zero-order valence-corrected chi connectivity index (χ0v) is 18.0. The minimum atomic E-state index is -4.48. The second-order valence-electron chi connectivity index (χ2n) is 4.94. The van der Waals surface area contributed by atoms with Crippen LogP contribution in [0.2, 0.25) is 0 Å². The normalized spacial score (nSPS) is 9.92. The molecule has 0 amide bonds.